The summed E-state index contributed by atoms with van der Waals surface area (Å²) in [5.41, 5.74) is 1.26. The zero-order chi connectivity index (χ0) is 25.5. The van der Waals surface area contributed by atoms with E-state index < -0.39 is 18.6 Å². The number of hydrogen-bond donors (Lipinski definition) is 3. The molecule has 3 N–H and O–H groups in total. The van der Waals surface area contributed by atoms with Crippen LogP contribution < -0.4 is 10.1 Å². The van der Waals surface area contributed by atoms with Gasteiger partial charge in [0.05, 0.1) is 21.1 Å². The van der Waals surface area contributed by atoms with Crippen molar-refractivity contribution in [1.82, 2.24) is 5.32 Å². The lowest BCUT2D eigenvalue weighted by Gasteiger charge is -2.14. The summed E-state index contributed by atoms with van der Waals surface area (Å²) in [6.45, 7) is -0.481. The molecule has 0 aromatic heterocycles. The molecule has 3 rings (SSSR count). The van der Waals surface area contributed by atoms with Crippen LogP contribution in [0.15, 0.2) is 63.5 Å². The number of phenolic OH excluding ortho intramolecular Hbond substituents is 1. The summed E-state index contributed by atoms with van der Waals surface area (Å²) in [5, 5.41) is 21.4. The maximum Gasteiger partial charge on any atom is 0.407 e. The molecule has 0 atom stereocenters. The minimum atomic E-state index is -1.17. The van der Waals surface area contributed by atoms with Gasteiger partial charge in [-0.1, -0.05) is 11.6 Å². The predicted octanol–water partition coefficient (Wildman–Crippen LogP) is 5.95. The first kappa shape index (κ1) is 26.5. The molecule has 3 aromatic carbocycles. The highest BCUT2D eigenvalue weighted by atomic mass is 79.9. The van der Waals surface area contributed by atoms with E-state index in [-0.39, 0.29) is 23.7 Å². The number of aliphatic carboxylic acids is 1. The number of ether oxygens (including phenoxy) is 2. The summed E-state index contributed by atoms with van der Waals surface area (Å²) < 4.78 is 12.1. The SMILES string of the molecule is O=C(O)CNC(=O)OCCc1cc(Br)c(Oc2ccc(O)c(C(=O)c3ccc(Cl)cc3)c2)c(Br)c1. The maximum absolute atomic E-state index is 12.8. The number of ketones is 1. The van der Waals surface area contributed by atoms with Gasteiger partial charge in [0.25, 0.3) is 0 Å². The Morgan fingerprint density at radius 2 is 1.63 bits per heavy atom. The van der Waals surface area contributed by atoms with Crippen LogP contribution in [-0.2, 0) is 16.0 Å². The molecule has 0 radical (unpaired) electrons. The fourth-order valence-corrected chi connectivity index (χ4v) is 4.52. The van der Waals surface area contributed by atoms with Crippen molar-refractivity contribution in [2.75, 3.05) is 13.2 Å². The van der Waals surface area contributed by atoms with Crippen LogP contribution in [0.3, 0.4) is 0 Å². The van der Waals surface area contributed by atoms with Gasteiger partial charge in [0.2, 0.25) is 0 Å². The number of alkyl carbamates (subject to hydrolysis) is 1. The number of phenols is 1. The van der Waals surface area contributed by atoms with Gasteiger partial charge >= 0.3 is 12.1 Å². The van der Waals surface area contributed by atoms with Crippen LogP contribution in [0, 0.1) is 0 Å². The van der Waals surface area contributed by atoms with Gasteiger partial charge in [-0.3, -0.25) is 9.59 Å². The quantitative estimate of drug-likeness (QED) is 0.251. The smallest absolute Gasteiger partial charge is 0.407 e. The summed E-state index contributed by atoms with van der Waals surface area (Å²) in [4.78, 5) is 34.7. The zero-order valence-electron chi connectivity index (χ0n) is 17.9. The van der Waals surface area contributed by atoms with Crippen LogP contribution in [0.5, 0.6) is 17.2 Å². The summed E-state index contributed by atoms with van der Waals surface area (Å²) in [7, 11) is 0. The number of carbonyl (C=O) groups is 3. The number of halogens is 3. The number of carboxylic acid groups (broad SMARTS) is 1. The highest BCUT2D eigenvalue weighted by molar-refractivity contribution is 9.11. The first-order valence-corrected chi connectivity index (χ1v) is 12.0. The molecule has 0 aliphatic rings. The predicted molar refractivity (Wildman–Crippen MR) is 136 cm³/mol. The molecule has 35 heavy (non-hydrogen) atoms. The molecule has 11 heteroatoms. The van der Waals surface area contributed by atoms with Gasteiger partial charge in [0.15, 0.2) is 11.5 Å². The molecule has 1 amide bonds. The monoisotopic (exact) mass is 625 g/mol. The molecule has 8 nitrogen and oxygen atoms in total. The van der Waals surface area contributed by atoms with Crippen LogP contribution in [0.2, 0.25) is 5.02 Å². The van der Waals surface area contributed by atoms with Crippen molar-refractivity contribution in [2.45, 2.75) is 6.42 Å². The highest BCUT2D eigenvalue weighted by Gasteiger charge is 2.17. The number of carboxylic acids is 1. The van der Waals surface area contributed by atoms with Crippen molar-refractivity contribution in [3.8, 4) is 17.2 Å². The number of carbonyl (C=O) groups excluding carboxylic acids is 2. The van der Waals surface area contributed by atoms with Gasteiger partial charge in [0, 0.05) is 17.0 Å². The molecule has 0 fully saturated rings. The van der Waals surface area contributed by atoms with Crippen LogP contribution in [0.4, 0.5) is 4.79 Å². The van der Waals surface area contributed by atoms with E-state index in [1.165, 1.54) is 18.2 Å². The average Bonchev–Trinajstić information content (AvgIpc) is 2.81. The Balaban J connectivity index is 1.70. The van der Waals surface area contributed by atoms with E-state index in [0.717, 1.165) is 5.56 Å². The summed E-state index contributed by atoms with van der Waals surface area (Å²) >= 11 is 12.8. The highest BCUT2D eigenvalue weighted by Crippen LogP contribution is 2.39. The fourth-order valence-electron chi connectivity index (χ4n) is 2.95. The first-order valence-electron chi connectivity index (χ1n) is 10.1. The van der Waals surface area contributed by atoms with Crippen molar-refractivity contribution in [1.29, 1.82) is 0 Å². The number of benzene rings is 3. The van der Waals surface area contributed by atoms with E-state index in [0.29, 0.717) is 37.5 Å². The summed E-state index contributed by atoms with van der Waals surface area (Å²) in [6.07, 6.45) is -0.446. The second-order valence-corrected chi connectivity index (χ2v) is 9.28. The minimum Gasteiger partial charge on any atom is -0.507 e. The molecule has 0 bridgehead atoms. The molecule has 0 heterocycles. The van der Waals surface area contributed by atoms with Crippen LogP contribution in [0.25, 0.3) is 0 Å². The van der Waals surface area contributed by atoms with Gasteiger partial charge in [-0.25, -0.2) is 4.79 Å². The van der Waals surface area contributed by atoms with Gasteiger partial charge in [0.1, 0.15) is 18.0 Å². The topological polar surface area (TPSA) is 122 Å². The van der Waals surface area contributed by atoms with Gasteiger partial charge in [-0.15, -0.1) is 0 Å². The zero-order valence-corrected chi connectivity index (χ0v) is 21.8. The Bertz CT molecular complexity index is 1240. The first-order chi connectivity index (χ1) is 16.6. The third-order valence-electron chi connectivity index (χ3n) is 4.60. The van der Waals surface area contributed by atoms with Crippen molar-refractivity contribution in [3.05, 3.63) is 85.3 Å². The maximum atomic E-state index is 12.8. The van der Waals surface area contributed by atoms with E-state index in [2.05, 4.69) is 37.2 Å². The molecule has 0 aliphatic heterocycles. The number of aromatic hydroxyl groups is 1. The molecule has 0 saturated carbocycles. The lowest BCUT2D eigenvalue weighted by molar-refractivity contribution is -0.135. The molecule has 182 valence electrons. The molecular formula is C24H18Br2ClNO7. The number of nitrogens with one attached hydrogen (secondary N) is 1. The number of rotatable bonds is 9. The number of hydrogen-bond acceptors (Lipinski definition) is 6. The fraction of sp³-hybridized carbons (Fsp3) is 0.125. The minimum absolute atomic E-state index is 0.0403. The van der Waals surface area contributed by atoms with Crippen LogP contribution >= 0.6 is 43.5 Å². The van der Waals surface area contributed by atoms with E-state index in [4.69, 9.17) is 26.2 Å². The second-order valence-electron chi connectivity index (χ2n) is 7.14. The van der Waals surface area contributed by atoms with Crippen LogP contribution in [0.1, 0.15) is 21.5 Å². The molecule has 0 spiro atoms. The summed E-state index contributed by atoms with van der Waals surface area (Å²) in [5.74, 6) is -0.971. The Morgan fingerprint density at radius 1 is 0.971 bits per heavy atom. The molecular weight excluding hydrogens is 610 g/mol. The molecule has 0 aliphatic carbocycles. The standard InChI is InChI=1S/C24H18Br2ClNO7/c25-18-9-13(7-8-34-24(33)28-12-21(30)31)10-19(26)23(18)35-16-5-6-20(29)17(11-16)22(32)14-1-3-15(27)4-2-14/h1-6,9-11,29H,7-8,12H2,(H,28,33)(H,30,31). The van der Waals surface area contributed by atoms with Crippen LogP contribution in [-0.4, -0.2) is 41.2 Å². The van der Waals surface area contributed by atoms with Crippen molar-refractivity contribution in [2.24, 2.45) is 0 Å². The molecule has 3 aromatic rings. The van der Waals surface area contributed by atoms with E-state index in [1.807, 2.05) is 0 Å². The van der Waals surface area contributed by atoms with Gasteiger partial charge in [-0.05, 0) is 92.0 Å². The van der Waals surface area contributed by atoms with E-state index >= 15 is 0 Å². The van der Waals surface area contributed by atoms with Crippen molar-refractivity contribution < 1.29 is 34.1 Å². The Kier molecular flexibility index (Phi) is 9.13. The summed E-state index contributed by atoms with van der Waals surface area (Å²) in [6, 6.07) is 14.2. The lowest BCUT2D eigenvalue weighted by Crippen LogP contribution is -2.30. The average molecular weight is 628 g/mol. The van der Waals surface area contributed by atoms with E-state index in [9.17, 15) is 19.5 Å². The molecule has 0 saturated heterocycles. The van der Waals surface area contributed by atoms with Gasteiger partial charge in [-0.2, -0.15) is 0 Å². The Morgan fingerprint density at radius 3 is 2.26 bits per heavy atom. The Labute approximate surface area is 222 Å². The van der Waals surface area contributed by atoms with Crippen molar-refractivity contribution in [3.63, 3.8) is 0 Å². The molecule has 0 unspecified atom stereocenters. The third kappa shape index (κ3) is 7.45. The Hall–Kier alpha value is -3.08. The van der Waals surface area contributed by atoms with Gasteiger partial charge < -0.3 is 25.0 Å². The largest absolute Gasteiger partial charge is 0.507 e. The third-order valence-corrected chi connectivity index (χ3v) is 6.03. The normalized spacial score (nSPS) is 10.5. The van der Waals surface area contributed by atoms with E-state index in [1.54, 1.807) is 36.4 Å². The number of amides is 1. The van der Waals surface area contributed by atoms with Crippen molar-refractivity contribution >= 4 is 61.3 Å². The lowest BCUT2D eigenvalue weighted by atomic mass is 10.0. The second kappa shape index (κ2) is 12.1.